The summed E-state index contributed by atoms with van der Waals surface area (Å²) in [5.74, 6) is -0.778. The lowest BCUT2D eigenvalue weighted by molar-refractivity contribution is -0.00164. The lowest BCUT2D eigenvalue weighted by Crippen LogP contribution is -2.44. The van der Waals surface area contributed by atoms with Crippen LogP contribution in [0, 0.1) is 5.82 Å². The Balaban J connectivity index is 1.80. The van der Waals surface area contributed by atoms with E-state index >= 15 is 0 Å². The molecule has 1 atom stereocenters. The maximum atomic E-state index is 13.8. The fourth-order valence-corrected chi connectivity index (χ4v) is 2.90. The molecule has 2 aromatic rings. The SMILES string of the molecule is O=C(NC[C@@]1(O)CCOc2ccccc21)c1c(F)cccc1Cl. The molecule has 0 saturated carbocycles. The summed E-state index contributed by atoms with van der Waals surface area (Å²) in [4.78, 5) is 12.2. The average Bonchev–Trinajstić information content (AvgIpc) is 2.53. The van der Waals surface area contributed by atoms with Crippen molar-refractivity contribution in [3.8, 4) is 5.75 Å². The van der Waals surface area contributed by atoms with Crippen LogP contribution in [-0.4, -0.2) is 24.2 Å². The third-order valence-electron chi connectivity index (χ3n) is 3.89. The Bertz CT molecular complexity index is 732. The predicted molar refractivity (Wildman–Crippen MR) is 84.2 cm³/mol. The number of hydrogen-bond acceptors (Lipinski definition) is 3. The normalized spacial score (nSPS) is 19.6. The fourth-order valence-electron chi connectivity index (χ4n) is 2.65. The molecule has 0 unspecified atom stereocenters. The Kier molecular flexibility index (Phi) is 4.24. The topological polar surface area (TPSA) is 58.6 Å². The van der Waals surface area contributed by atoms with Crippen molar-refractivity contribution in [3.63, 3.8) is 0 Å². The maximum Gasteiger partial charge on any atom is 0.255 e. The molecule has 1 aliphatic heterocycles. The summed E-state index contributed by atoms with van der Waals surface area (Å²) < 4.78 is 19.3. The quantitative estimate of drug-likeness (QED) is 0.906. The molecule has 120 valence electrons. The van der Waals surface area contributed by atoms with Gasteiger partial charge in [-0.05, 0) is 18.2 Å². The Labute approximate surface area is 137 Å². The molecule has 4 nitrogen and oxygen atoms in total. The van der Waals surface area contributed by atoms with Crippen molar-refractivity contribution in [1.29, 1.82) is 0 Å². The van der Waals surface area contributed by atoms with Gasteiger partial charge >= 0.3 is 0 Å². The minimum atomic E-state index is -1.26. The first kappa shape index (κ1) is 15.8. The summed E-state index contributed by atoms with van der Waals surface area (Å²) in [5.41, 5.74) is -0.883. The first-order chi connectivity index (χ1) is 11.0. The van der Waals surface area contributed by atoms with Crippen molar-refractivity contribution in [2.45, 2.75) is 12.0 Å². The van der Waals surface area contributed by atoms with Gasteiger partial charge in [0.15, 0.2) is 0 Å². The summed E-state index contributed by atoms with van der Waals surface area (Å²) in [5, 5.41) is 13.4. The standard InChI is InChI=1S/C17H15ClFNO3/c18-12-5-3-6-13(19)15(12)16(21)20-10-17(22)8-9-23-14-7-2-1-4-11(14)17/h1-7,22H,8-10H2,(H,20,21)/t17-/m0/s1. The van der Waals surface area contributed by atoms with Crippen LogP contribution < -0.4 is 10.1 Å². The molecule has 0 bridgehead atoms. The molecule has 0 radical (unpaired) electrons. The minimum Gasteiger partial charge on any atom is -0.493 e. The van der Waals surface area contributed by atoms with E-state index in [2.05, 4.69) is 5.32 Å². The molecule has 1 heterocycles. The number of nitrogens with one attached hydrogen (secondary N) is 1. The first-order valence-electron chi connectivity index (χ1n) is 7.18. The van der Waals surface area contributed by atoms with Crippen LogP contribution in [0.25, 0.3) is 0 Å². The van der Waals surface area contributed by atoms with Crippen molar-refractivity contribution >= 4 is 17.5 Å². The predicted octanol–water partition coefficient (Wildman–Crippen LogP) is 2.88. The number of para-hydroxylation sites is 1. The molecule has 0 spiro atoms. The Morgan fingerprint density at radius 3 is 2.87 bits per heavy atom. The summed E-state index contributed by atoms with van der Waals surface area (Å²) in [6.07, 6.45) is 0.329. The van der Waals surface area contributed by atoms with Gasteiger partial charge in [0, 0.05) is 12.0 Å². The Morgan fingerprint density at radius 1 is 1.30 bits per heavy atom. The lowest BCUT2D eigenvalue weighted by atomic mass is 9.88. The van der Waals surface area contributed by atoms with Gasteiger partial charge in [0.1, 0.15) is 17.2 Å². The molecule has 1 aliphatic rings. The van der Waals surface area contributed by atoms with Gasteiger partial charge in [-0.3, -0.25) is 4.79 Å². The first-order valence-corrected chi connectivity index (χ1v) is 7.56. The zero-order chi connectivity index (χ0) is 16.4. The number of hydrogen-bond donors (Lipinski definition) is 2. The smallest absolute Gasteiger partial charge is 0.255 e. The number of rotatable bonds is 3. The van der Waals surface area contributed by atoms with Crippen LogP contribution in [0.2, 0.25) is 5.02 Å². The van der Waals surface area contributed by atoms with Crippen molar-refractivity contribution in [3.05, 3.63) is 64.4 Å². The van der Waals surface area contributed by atoms with E-state index in [1.165, 1.54) is 18.2 Å². The van der Waals surface area contributed by atoms with E-state index in [1.54, 1.807) is 18.2 Å². The highest BCUT2D eigenvalue weighted by molar-refractivity contribution is 6.33. The maximum absolute atomic E-state index is 13.8. The molecule has 0 fully saturated rings. The number of amides is 1. The van der Waals surface area contributed by atoms with E-state index in [4.69, 9.17) is 16.3 Å². The fraction of sp³-hybridized carbons (Fsp3) is 0.235. The van der Waals surface area contributed by atoms with E-state index in [-0.39, 0.29) is 17.1 Å². The molecular formula is C17H15ClFNO3. The van der Waals surface area contributed by atoms with Crippen molar-refractivity contribution in [1.82, 2.24) is 5.32 Å². The van der Waals surface area contributed by atoms with Gasteiger partial charge in [-0.1, -0.05) is 35.9 Å². The highest BCUT2D eigenvalue weighted by Gasteiger charge is 2.36. The van der Waals surface area contributed by atoms with Crippen molar-refractivity contribution in [2.24, 2.45) is 0 Å². The summed E-state index contributed by atoms with van der Waals surface area (Å²) >= 11 is 5.88. The van der Waals surface area contributed by atoms with Crippen molar-refractivity contribution in [2.75, 3.05) is 13.2 Å². The molecule has 0 aromatic heterocycles. The molecular weight excluding hydrogens is 321 g/mol. The number of carbonyl (C=O) groups excluding carboxylic acids is 1. The van der Waals surface area contributed by atoms with Crippen LogP contribution in [0.15, 0.2) is 42.5 Å². The molecule has 6 heteroatoms. The monoisotopic (exact) mass is 335 g/mol. The zero-order valence-corrected chi connectivity index (χ0v) is 12.9. The van der Waals surface area contributed by atoms with E-state index < -0.39 is 17.3 Å². The average molecular weight is 336 g/mol. The third-order valence-corrected chi connectivity index (χ3v) is 4.21. The number of aliphatic hydroxyl groups is 1. The molecule has 1 amide bonds. The zero-order valence-electron chi connectivity index (χ0n) is 12.2. The molecule has 23 heavy (non-hydrogen) atoms. The second-order valence-corrected chi connectivity index (χ2v) is 5.81. The number of benzene rings is 2. The van der Waals surface area contributed by atoms with E-state index in [0.717, 1.165) is 0 Å². The summed E-state index contributed by atoms with van der Waals surface area (Å²) in [7, 11) is 0. The van der Waals surface area contributed by atoms with Gasteiger partial charge in [-0.2, -0.15) is 0 Å². The van der Waals surface area contributed by atoms with Gasteiger partial charge in [0.05, 0.1) is 23.7 Å². The van der Waals surface area contributed by atoms with Gasteiger partial charge in [-0.15, -0.1) is 0 Å². The number of halogens is 2. The van der Waals surface area contributed by atoms with E-state index in [0.29, 0.717) is 24.3 Å². The second-order valence-electron chi connectivity index (χ2n) is 5.41. The largest absolute Gasteiger partial charge is 0.493 e. The van der Waals surface area contributed by atoms with Crippen molar-refractivity contribution < 1.29 is 19.0 Å². The van der Waals surface area contributed by atoms with Crippen LogP contribution in [0.3, 0.4) is 0 Å². The van der Waals surface area contributed by atoms with Crippen LogP contribution in [0.1, 0.15) is 22.3 Å². The van der Waals surface area contributed by atoms with E-state index in [9.17, 15) is 14.3 Å². The molecule has 2 aromatic carbocycles. The molecule has 0 aliphatic carbocycles. The van der Waals surface area contributed by atoms with Gasteiger partial charge < -0.3 is 15.2 Å². The highest BCUT2D eigenvalue weighted by Crippen LogP contribution is 2.36. The van der Waals surface area contributed by atoms with Crippen LogP contribution >= 0.6 is 11.6 Å². The Morgan fingerprint density at radius 2 is 2.09 bits per heavy atom. The number of fused-ring (bicyclic) bond motifs is 1. The number of ether oxygens (including phenoxy) is 1. The van der Waals surface area contributed by atoms with E-state index in [1.807, 2.05) is 6.07 Å². The molecule has 0 saturated heterocycles. The number of carbonyl (C=O) groups is 1. The molecule has 3 rings (SSSR count). The van der Waals surface area contributed by atoms with Crippen LogP contribution in [-0.2, 0) is 5.60 Å². The minimum absolute atomic E-state index is 0.0295. The van der Waals surface area contributed by atoms with Gasteiger partial charge in [0.25, 0.3) is 5.91 Å². The van der Waals surface area contributed by atoms with Gasteiger partial charge in [0.2, 0.25) is 0 Å². The highest BCUT2D eigenvalue weighted by atomic mass is 35.5. The van der Waals surface area contributed by atoms with Crippen LogP contribution in [0.4, 0.5) is 4.39 Å². The van der Waals surface area contributed by atoms with Crippen LogP contribution in [0.5, 0.6) is 5.75 Å². The summed E-state index contributed by atoms with van der Waals surface area (Å²) in [6.45, 7) is 0.278. The summed E-state index contributed by atoms with van der Waals surface area (Å²) in [6, 6.07) is 11.1. The lowest BCUT2D eigenvalue weighted by Gasteiger charge is -2.34. The third kappa shape index (κ3) is 3.02. The molecule has 2 N–H and O–H groups in total. The van der Waals surface area contributed by atoms with Gasteiger partial charge in [-0.25, -0.2) is 4.39 Å². The second kappa shape index (κ2) is 6.18. The Hall–Kier alpha value is -2.11.